The van der Waals surface area contributed by atoms with E-state index < -0.39 is 16.3 Å². The summed E-state index contributed by atoms with van der Waals surface area (Å²) in [5.74, 6) is 0.415. The Labute approximate surface area is 206 Å². The molecular weight excluding hydrogens is 462 g/mol. The van der Waals surface area contributed by atoms with Crippen molar-refractivity contribution in [2.24, 2.45) is 0 Å². The number of aromatic nitrogens is 3. The van der Waals surface area contributed by atoms with Crippen LogP contribution in [0.3, 0.4) is 0 Å². The molecule has 0 bridgehead atoms. The van der Waals surface area contributed by atoms with Gasteiger partial charge in [-0.05, 0) is 49.6 Å². The quantitative estimate of drug-likeness (QED) is 0.307. The van der Waals surface area contributed by atoms with Crippen molar-refractivity contribution in [3.63, 3.8) is 0 Å². The number of hydrogen-bond donors (Lipinski definition) is 1. The summed E-state index contributed by atoms with van der Waals surface area (Å²) in [6.07, 6.45) is 1.56. The topological polar surface area (TPSA) is 129 Å². The number of hydrogen-bond acceptors (Lipinski definition) is 7. The van der Waals surface area contributed by atoms with Gasteiger partial charge in [0.25, 0.3) is 11.6 Å². The molecule has 4 rings (SSSR count). The van der Waals surface area contributed by atoms with Crippen LogP contribution in [0, 0.1) is 30.9 Å². The molecule has 0 atom stereocenters. The number of rotatable bonds is 7. The highest BCUT2D eigenvalue weighted by atomic mass is 16.6. The molecule has 0 radical (unpaired) electrons. The molecule has 0 aliphatic heterocycles. The monoisotopic (exact) mass is 485 g/mol. The molecule has 0 unspecified atom stereocenters. The van der Waals surface area contributed by atoms with Gasteiger partial charge in [-0.1, -0.05) is 30.3 Å². The third-order valence-corrected chi connectivity index (χ3v) is 5.44. The number of ether oxygens (including phenoxy) is 1. The third kappa shape index (κ3) is 5.27. The van der Waals surface area contributed by atoms with Gasteiger partial charge in [0, 0.05) is 36.6 Å². The van der Waals surface area contributed by atoms with Gasteiger partial charge in [-0.15, -0.1) is 0 Å². The number of nitrogens with one attached hydrogen (secondary N) is 1. The second-order valence-corrected chi connectivity index (χ2v) is 8.21. The Balaban J connectivity index is 1.49. The fourth-order valence-corrected chi connectivity index (χ4v) is 3.52. The van der Waals surface area contributed by atoms with Crippen molar-refractivity contribution in [1.29, 1.82) is 0 Å². The fraction of sp³-hybridized carbons (Fsp3) is 0.154. The molecule has 0 fully saturated rings. The molecule has 36 heavy (non-hydrogen) atoms. The fourth-order valence-electron chi connectivity index (χ4n) is 3.52. The lowest BCUT2D eigenvalue weighted by molar-refractivity contribution is -0.384. The maximum absolute atomic E-state index is 12.8. The molecule has 0 aliphatic carbocycles. The van der Waals surface area contributed by atoms with E-state index in [0.29, 0.717) is 22.9 Å². The van der Waals surface area contributed by atoms with Crippen LogP contribution in [0.4, 0.5) is 5.69 Å². The number of carbonyl (C=O) groups is 1. The molecule has 0 spiro atoms. The van der Waals surface area contributed by atoms with Crippen molar-refractivity contribution in [2.45, 2.75) is 27.3 Å². The molecule has 10 nitrogen and oxygen atoms in total. The third-order valence-electron chi connectivity index (χ3n) is 5.44. The van der Waals surface area contributed by atoms with Gasteiger partial charge < -0.3 is 10.1 Å². The largest absolute Gasteiger partial charge is 0.439 e. The Morgan fingerprint density at radius 3 is 2.58 bits per heavy atom. The van der Waals surface area contributed by atoms with Gasteiger partial charge in [-0.2, -0.15) is 5.10 Å². The Hall–Kier alpha value is -4.86. The summed E-state index contributed by atoms with van der Waals surface area (Å²) in [6.45, 7) is 5.60. The molecule has 1 N–H and O–H groups in total. The van der Waals surface area contributed by atoms with Gasteiger partial charge in [-0.3, -0.25) is 19.7 Å². The first-order valence-electron chi connectivity index (χ1n) is 11.1. The van der Waals surface area contributed by atoms with Crippen LogP contribution in [0.2, 0.25) is 0 Å². The molecule has 2 aromatic carbocycles. The van der Waals surface area contributed by atoms with Crippen molar-refractivity contribution < 1.29 is 14.5 Å². The average Bonchev–Trinajstić information content (AvgIpc) is 2.85. The zero-order chi connectivity index (χ0) is 25.8. The molecule has 0 saturated carbocycles. The van der Waals surface area contributed by atoms with E-state index in [1.54, 1.807) is 31.3 Å². The van der Waals surface area contributed by atoms with Gasteiger partial charge in [-0.25, -0.2) is 9.67 Å². The first kappa shape index (κ1) is 24.3. The van der Waals surface area contributed by atoms with E-state index in [9.17, 15) is 19.7 Å². The number of nitrogens with zero attached hydrogens (tertiary/aromatic N) is 4. The van der Waals surface area contributed by atoms with Crippen molar-refractivity contribution in [2.75, 3.05) is 0 Å². The summed E-state index contributed by atoms with van der Waals surface area (Å²) in [7, 11) is 0. The summed E-state index contributed by atoms with van der Waals surface area (Å²) < 4.78 is 7.07. The second-order valence-electron chi connectivity index (χ2n) is 8.21. The SMILES string of the molecule is Cc1ccc(C)c(Oc2ccc(CNC(=O)c3nn(-c4ccccc4[N+](=O)[O-])c(C)cc3=O)cn2)c1. The van der Waals surface area contributed by atoms with Crippen LogP contribution < -0.4 is 15.5 Å². The molecular formula is C26H23N5O5. The van der Waals surface area contributed by atoms with Crippen LogP contribution in [0.5, 0.6) is 11.6 Å². The van der Waals surface area contributed by atoms with Crippen molar-refractivity contribution in [1.82, 2.24) is 20.1 Å². The Morgan fingerprint density at radius 1 is 1.08 bits per heavy atom. The first-order chi connectivity index (χ1) is 17.2. The van der Waals surface area contributed by atoms with E-state index in [1.165, 1.54) is 28.9 Å². The van der Waals surface area contributed by atoms with Gasteiger partial charge in [0.05, 0.1) is 4.92 Å². The molecule has 2 heterocycles. The van der Waals surface area contributed by atoms with Crippen molar-refractivity contribution in [3.05, 3.63) is 115 Å². The summed E-state index contributed by atoms with van der Waals surface area (Å²) in [4.78, 5) is 40.4. The zero-order valence-corrected chi connectivity index (χ0v) is 19.9. The number of para-hydroxylation sites is 2. The lowest BCUT2D eigenvalue weighted by atomic mass is 10.1. The number of amides is 1. The minimum absolute atomic E-state index is 0.0933. The first-order valence-corrected chi connectivity index (χ1v) is 11.1. The molecule has 2 aromatic heterocycles. The number of aryl methyl sites for hydroxylation is 3. The summed E-state index contributed by atoms with van der Waals surface area (Å²) in [6, 6.07) is 16.5. The van der Waals surface area contributed by atoms with Gasteiger partial charge in [0.15, 0.2) is 5.69 Å². The average molecular weight is 486 g/mol. The lowest BCUT2D eigenvalue weighted by Gasteiger charge is -2.12. The van der Waals surface area contributed by atoms with E-state index in [-0.39, 0.29) is 23.6 Å². The van der Waals surface area contributed by atoms with E-state index >= 15 is 0 Å². The number of carbonyl (C=O) groups excluding carboxylic acids is 1. The Bertz CT molecular complexity index is 1510. The van der Waals surface area contributed by atoms with Crippen LogP contribution in [-0.2, 0) is 6.54 Å². The number of benzene rings is 2. The zero-order valence-electron chi connectivity index (χ0n) is 19.9. The van der Waals surface area contributed by atoms with Crippen LogP contribution in [0.1, 0.15) is 32.9 Å². The van der Waals surface area contributed by atoms with E-state index in [2.05, 4.69) is 15.4 Å². The normalized spacial score (nSPS) is 10.6. The van der Waals surface area contributed by atoms with Crippen molar-refractivity contribution >= 4 is 11.6 Å². The van der Waals surface area contributed by atoms with E-state index in [0.717, 1.165) is 11.1 Å². The van der Waals surface area contributed by atoms with Gasteiger partial charge >= 0.3 is 0 Å². The van der Waals surface area contributed by atoms with Gasteiger partial charge in [0.2, 0.25) is 11.3 Å². The molecule has 1 amide bonds. The van der Waals surface area contributed by atoms with Crippen LogP contribution in [0.25, 0.3) is 5.69 Å². The summed E-state index contributed by atoms with van der Waals surface area (Å²) in [5.41, 5.74) is 2.08. The molecule has 182 valence electrons. The van der Waals surface area contributed by atoms with Crippen molar-refractivity contribution in [3.8, 4) is 17.3 Å². The van der Waals surface area contributed by atoms with Crippen LogP contribution in [-0.4, -0.2) is 25.6 Å². The maximum atomic E-state index is 12.8. The second kappa shape index (κ2) is 10.2. The molecule has 10 heteroatoms. The standard InChI is InChI=1S/C26H23N5O5/c1-16-8-9-17(2)23(12-16)36-24-11-10-19(14-27-24)15-28-26(33)25-22(32)13-18(3)30(29-25)20-6-4-5-7-21(20)31(34)35/h4-14H,15H2,1-3H3,(H,28,33). The number of nitro benzene ring substituents is 1. The predicted octanol–water partition coefficient (Wildman–Crippen LogP) is 4.18. The minimum Gasteiger partial charge on any atom is -0.439 e. The van der Waals surface area contributed by atoms with E-state index in [1.807, 2.05) is 32.0 Å². The number of pyridine rings is 1. The molecule has 4 aromatic rings. The minimum atomic E-state index is -0.706. The van der Waals surface area contributed by atoms with Crippen LogP contribution in [0.15, 0.2) is 71.7 Å². The maximum Gasteiger partial charge on any atom is 0.294 e. The smallest absolute Gasteiger partial charge is 0.294 e. The highest BCUT2D eigenvalue weighted by molar-refractivity contribution is 5.92. The molecule has 0 aliphatic rings. The van der Waals surface area contributed by atoms with E-state index in [4.69, 9.17) is 4.74 Å². The van der Waals surface area contributed by atoms with Gasteiger partial charge in [0.1, 0.15) is 11.4 Å². The number of nitro groups is 1. The van der Waals surface area contributed by atoms with Crippen LogP contribution >= 0.6 is 0 Å². The summed E-state index contributed by atoms with van der Waals surface area (Å²) >= 11 is 0. The Morgan fingerprint density at radius 2 is 1.86 bits per heavy atom. The highest BCUT2D eigenvalue weighted by Gasteiger charge is 2.20. The Kier molecular flexibility index (Phi) is 6.86. The highest BCUT2D eigenvalue weighted by Crippen LogP contribution is 2.25. The molecule has 0 saturated heterocycles. The summed E-state index contributed by atoms with van der Waals surface area (Å²) in [5, 5.41) is 18.2. The predicted molar refractivity (Wildman–Crippen MR) is 133 cm³/mol. The lowest BCUT2D eigenvalue weighted by Crippen LogP contribution is -2.31.